The molecule has 1 aromatic rings. The molecule has 0 atom stereocenters. The van der Waals surface area contributed by atoms with E-state index in [4.69, 9.17) is 14.2 Å². The molecule has 0 unspecified atom stereocenters. The maximum atomic E-state index is 12.1. The number of halogens is 1. The summed E-state index contributed by atoms with van der Waals surface area (Å²) >= 11 is 0. The van der Waals surface area contributed by atoms with Gasteiger partial charge in [-0.2, -0.15) is 0 Å². The van der Waals surface area contributed by atoms with Crippen molar-refractivity contribution in [2.45, 2.75) is 13.1 Å². The van der Waals surface area contributed by atoms with Crippen LogP contribution in [0.1, 0.15) is 0 Å². The van der Waals surface area contributed by atoms with Crippen LogP contribution in [0, 0.1) is 0 Å². The SMILES string of the molecule is COc1ccc([Si](C)(C)[O-])c(OC)c1OC.[Cl-].[Mg+2]. The number of hydrogen-bond acceptors (Lipinski definition) is 4. The van der Waals surface area contributed by atoms with Crippen molar-refractivity contribution < 1.29 is 31.4 Å². The second-order valence-electron chi connectivity index (χ2n) is 3.89. The number of rotatable bonds is 4. The van der Waals surface area contributed by atoms with Crippen molar-refractivity contribution in [3.05, 3.63) is 12.1 Å². The fourth-order valence-electron chi connectivity index (χ4n) is 1.58. The number of ether oxygens (including phenoxy) is 3. The summed E-state index contributed by atoms with van der Waals surface area (Å²) in [5, 5.41) is 0.688. The maximum Gasteiger partial charge on any atom is 2.00 e. The third-order valence-corrected chi connectivity index (χ3v) is 4.04. The molecule has 0 amide bonds. The average molecular weight is 301 g/mol. The molecule has 0 saturated heterocycles. The zero-order valence-corrected chi connectivity index (χ0v) is 14.5. The standard InChI is InChI=1S/C11H17O4Si.ClH.Mg/c1-13-8-6-7-9(16(4,5)12)11(15-3)10(8)14-2;;/h6-7H,1-5H3;1H;/q-1;;+2/p-1. The van der Waals surface area contributed by atoms with Crippen molar-refractivity contribution in [3.8, 4) is 17.2 Å². The summed E-state index contributed by atoms with van der Waals surface area (Å²) < 4.78 is 15.6. The number of benzene rings is 1. The molecule has 4 nitrogen and oxygen atoms in total. The first kappa shape index (κ1) is 20.2. The van der Waals surface area contributed by atoms with Crippen molar-refractivity contribution in [1.29, 1.82) is 0 Å². The van der Waals surface area contributed by atoms with E-state index in [0.29, 0.717) is 22.4 Å². The van der Waals surface area contributed by atoms with E-state index in [0.717, 1.165) is 0 Å². The van der Waals surface area contributed by atoms with E-state index in [9.17, 15) is 4.80 Å². The Labute approximate surface area is 131 Å². The first-order valence-corrected chi connectivity index (χ1v) is 7.86. The molecule has 0 aliphatic carbocycles. The van der Waals surface area contributed by atoms with Crippen LogP contribution in [0.5, 0.6) is 17.2 Å². The summed E-state index contributed by atoms with van der Waals surface area (Å²) in [5.74, 6) is 1.55. The second-order valence-corrected chi connectivity index (χ2v) is 7.45. The molecular formula is C11H17ClMgO4Si. The van der Waals surface area contributed by atoms with Gasteiger partial charge in [-0.1, -0.05) is 19.2 Å². The molecule has 0 aromatic heterocycles. The van der Waals surface area contributed by atoms with E-state index in [-0.39, 0.29) is 35.5 Å². The van der Waals surface area contributed by atoms with Crippen LogP contribution in [0.25, 0.3) is 0 Å². The first-order chi connectivity index (χ1) is 7.45. The predicted molar refractivity (Wildman–Crippen MR) is 69.0 cm³/mol. The normalized spacial score (nSPS) is 9.89. The molecule has 0 radical (unpaired) electrons. The topological polar surface area (TPSA) is 50.8 Å². The molecule has 0 saturated carbocycles. The zero-order valence-electron chi connectivity index (χ0n) is 11.4. The van der Waals surface area contributed by atoms with E-state index in [2.05, 4.69) is 0 Å². The molecule has 98 valence electrons. The van der Waals surface area contributed by atoms with Gasteiger partial charge in [0.1, 0.15) is 0 Å². The van der Waals surface area contributed by atoms with E-state index < -0.39 is 8.32 Å². The number of hydrogen-bond donors (Lipinski definition) is 0. The summed E-state index contributed by atoms with van der Waals surface area (Å²) in [6.07, 6.45) is 0. The monoisotopic (exact) mass is 300 g/mol. The number of methoxy groups -OCH3 is 3. The molecule has 0 bridgehead atoms. The molecule has 0 N–H and O–H groups in total. The van der Waals surface area contributed by atoms with E-state index >= 15 is 0 Å². The van der Waals surface area contributed by atoms with Crippen LogP contribution in [0.3, 0.4) is 0 Å². The van der Waals surface area contributed by atoms with Crippen LogP contribution in [-0.2, 0) is 0 Å². The van der Waals surface area contributed by atoms with E-state index in [1.54, 1.807) is 32.3 Å². The summed E-state index contributed by atoms with van der Waals surface area (Å²) in [4.78, 5) is 12.1. The summed E-state index contributed by atoms with van der Waals surface area (Å²) in [6.45, 7) is 3.44. The molecule has 0 spiro atoms. The largest absolute Gasteiger partial charge is 2.00 e. The molecule has 7 heteroatoms. The van der Waals surface area contributed by atoms with Gasteiger partial charge in [0.2, 0.25) is 5.75 Å². The average Bonchev–Trinajstić information content (AvgIpc) is 2.25. The van der Waals surface area contributed by atoms with Crippen molar-refractivity contribution >= 4 is 36.6 Å². The third kappa shape index (κ3) is 4.20. The van der Waals surface area contributed by atoms with Crippen molar-refractivity contribution in [2.75, 3.05) is 21.3 Å². The van der Waals surface area contributed by atoms with Gasteiger partial charge in [0.15, 0.2) is 11.5 Å². The fourth-order valence-corrected chi connectivity index (χ4v) is 2.82. The molecule has 0 fully saturated rings. The Morgan fingerprint density at radius 2 is 1.44 bits per heavy atom. The van der Waals surface area contributed by atoms with Crippen molar-refractivity contribution in [3.63, 3.8) is 0 Å². The van der Waals surface area contributed by atoms with Crippen LogP contribution in [0.2, 0.25) is 13.1 Å². The van der Waals surface area contributed by atoms with E-state index in [1.165, 1.54) is 14.2 Å². The molecule has 18 heavy (non-hydrogen) atoms. The summed E-state index contributed by atoms with van der Waals surface area (Å²) in [5.41, 5.74) is 0. The van der Waals surface area contributed by atoms with Crippen molar-refractivity contribution in [1.82, 2.24) is 0 Å². The van der Waals surface area contributed by atoms with Crippen LogP contribution in [0.15, 0.2) is 12.1 Å². The predicted octanol–water partition coefficient (Wildman–Crippen LogP) is -2.89. The van der Waals surface area contributed by atoms with Crippen LogP contribution >= 0.6 is 0 Å². The Kier molecular flexibility index (Phi) is 9.09. The Balaban J connectivity index is 0. The van der Waals surface area contributed by atoms with Gasteiger partial charge in [-0.15, -0.1) is 0 Å². The molecule has 0 heterocycles. The molecular weight excluding hydrogens is 284 g/mol. The van der Waals surface area contributed by atoms with Gasteiger partial charge >= 0.3 is 23.1 Å². The first-order valence-electron chi connectivity index (χ1n) is 4.95. The molecule has 1 rings (SSSR count). The van der Waals surface area contributed by atoms with Gasteiger partial charge in [0.25, 0.3) is 0 Å². The van der Waals surface area contributed by atoms with E-state index in [1.807, 2.05) is 0 Å². The Morgan fingerprint density at radius 3 is 1.78 bits per heavy atom. The minimum atomic E-state index is -2.69. The van der Waals surface area contributed by atoms with Gasteiger partial charge < -0.3 is 31.4 Å². The molecule has 0 aliphatic heterocycles. The smallest absolute Gasteiger partial charge is 1.00 e. The van der Waals surface area contributed by atoms with Gasteiger partial charge in [0, 0.05) is 0 Å². The maximum absolute atomic E-state index is 12.1. The third-order valence-electron chi connectivity index (χ3n) is 2.35. The van der Waals surface area contributed by atoms with Gasteiger partial charge in [-0.25, -0.2) is 0 Å². The minimum absolute atomic E-state index is 0. The minimum Gasteiger partial charge on any atom is -1.00 e. The Bertz CT molecular complexity index is 382. The quantitative estimate of drug-likeness (QED) is 0.560. The Hall–Kier alpha value is -0.147. The second kappa shape index (κ2) is 8.11. The van der Waals surface area contributed by atoms with Gasteiger partial charge in [-0.3, -0.25) is 0 Å². The van der Waals surface area contributed by atoms with Crippen LogP contribution < -0.4 is 36.6 Å². The Morgan fingerprint density at radius 1 is 0.944 bits per heavy atom. The van der Waals surface area contributed by atoms with Crippen LogP contribution in [0.4, 0.5) is 0 Å². The zero-order chi connectivity index (χ0) is 12.3. The van der Waals surface area contributed by atoms with Crippen LogP contribution in [-0.4, -0.2) is 52.7 Å². The summed E-state index contributed by atoms with van der Waals surface area (Å²) in [7, 11) is 1.92. The van der Waals surface area contributed by atoms with Gasteiger partial charge in [0.05, 0.1) is 21.3 Å². The molecule has 1 aromatic carbocycles. The summed E-state index contributed by atoms with van der Waals surface area (Å²) in [6, 6.07) is 3.50. The van der Waals surface area contributed by atoms with Crippen molar-refractivity contribution in [2.24, 2.45) is 0 Å². The fraction of sp³-hybridized carbons (Fsp3) is 0.455. The molecule has 0 aliphatic rings. The van der Waals surface area contributed by atoms with Gasteiger partial charge in [-0.05, 0) is 19.6 Å².